The second-order valence-electron chi connectivity index (χ2n) is 6.51. The van der Waals surface area contributed by atoms with E-state index in [0.29, 0.717) is 11.1 Å². The fraction of sp³-hybridized carbons (Fsp3) is 0.300. The molecule has 1 atom stereocenters. The molecule has 2 aromatic heterocycles. The molecule has 1 aromatic carbocycles. The van der Waals surface area contributed by atoms with Crippen molar-refractivity contribution in [3.63, 3.8) is 0 Å². The molecule has 138 valence electrons. The van der Waals surface area contributed by atoms with Crippen molar-refractivity contribution >= 4 is 17.7 Å². The number of hydrogen-bond donors (Lipinski definition) is 0. The summed E-state index contributed by atoms with van der Waals surface area (Å²) < 4.78 is 5.63. The maximum Gasteiger partial charge on any atom is 0.277 e. The smallest absolute Gasteiger partial charge is 0.277 e. The van der Waals surface area contributed by atoms with Gasteiger partial charge in [-0.15, -0.1) is 10.2 Å². The molecule has 7 heteroatoms. The van der Waals surface area contributed by atoms with Gasteiger partial charge in [0.05, 0.1) is 17.4 Å². The highest BCUT2D eigenvalue weighted by Crippen LogP contribution is 2.34. The second-order valence-corrected chi connectivity index (χ2v) is 7.44. The van der Waals surface area contributed by atoms with E-state index in [0.717, 1.165) is 24.8 Å². The van der Waals surface area contributed by atoms with Crippen molar-refractivity contribution in [3.8, 4) is 11.5 Å². The molecule has 0 unspecified atom stereocenters. The highest BCUT2D eigenvalue weighted by molar-refractivity contribution is 7.99. The zero-order chi connectivity index (χ0) is 18.6. The summed E-state index contributed by atoms with van der Waals surface area (Å²) in [5.74, 6) is 0.736. The van der Waals surface area contributed by atoms with Gasteiger partial charge in [-0.3, -0.25) is 9.78 Å². The Labute approximate surface area is 162 Å². The van der Waals surface area contributed by atoms with Crippen molar-refractivity contribution in [1.82, 2.24) is 20.1 Å². The lowest BCUT2D eigenvalue weighted by atomic mass is 9.87. The van der Waals surface area contributed by atoms with E-state index in [2.05, 4.69) is 33.4 Å². The summed E-state index contributed by atoms with van der Waals surface area (Å²) in [4.78, 5) is 18.6. The Morgan fingerprint density at radius 3 is 3.00 bits per heavy atom. The molecule has 0 aliphatic heterocycles. The maximum absolute atomic E-state index is 12.7. The molecule has 0 radical (unpaired) electrons. The Kier molecular flexibility index (Phi) is 5.20. The zero-order valence-electron chi connectivity index (χ0n) is 15.0. The SMILES string of the molecule is CN(C(=O)CSc1nnc(-c2cccnc2)o1)[C@H]1CCCc2ccccc21. The molecule has 6 nitrogen and oxygen atoms in total. The minimum atomic E-state index is 0.0582. The van der Waals surface area contributed by atoms with E-state index in [1.54, 1.807) is 12.4 Å². The predicted molar refractivity (Wildman–Crippen MR) is 103 cm³/mol. The van der Waals surface area contributed by atoms with E-state index in [9.17, 15) is 4.79 Å². The number of thioether (sulfide) groups is 1. The van der Waals surface area contributed by atoms with Crippen molar-refractivity contribution < 1.29 is 9.21 Å². The number of aryl methyl sites for hydroxylation is 1. The van der Waals surface area contributed by atoms with Crippen molar-refractivity contribution in [2.45, 2.75) is 30.5 Å². The van der Waals surface area contributed by atoms with Crippen molar-refractivity contribution in [1.29, 1.82) is 0 Å². The number of benzene rings is 1. The molecule has 1 amide bonds. The lowest BCUT2D eigenvalue weighted by Crippen LogP contribution is -2.34. The van der Waals surface area contributed by atoms with Gasteiger partial charge < -0.3 is 9.32 Å². The lowest BCUT2D eigenvalue weighted by molar-refractivity contribution is -0.129. The molecule has 0 N–H and O–H groups in total. The van der Waals surface area contributed by atoms with Crippen LogP contribution in [0.4, 0.5) is 0 Å². The third-order valence-corrected chi connectivity index (χ3v) is 5.64. The van der Waals surface area contributed by atoms with Gasteiger partial charge in [0.15, 0.2) is 0 Å². The summed E-state index contributed by atoms with van der Waals surface area (Å²) in [6.45, 7) is 0. The molecule has 1 aliphatic rings. The van der Waals surface area contributed by atoms with Crippen LogP contribution in [0.15, 0.2) is 58.4 Å². The Hall–Kier alpha value is -2.67. The van der Waals surface area contributed by atoms with Crippen LogP contribution in [0.5, 0.6) is 0 Å². The fourth-order valence-corrected chi connectivity index (χ4v) is 4.09. The monoisotopic (exact) mass is 380 g/mol. The van der Waals surface area contributed by atoms with E-state index >= 15 is 0 Å². The average molecular weight is 380 g/mol. The number of pyridine rings is 1. The number of hydrogen-bond acceptors (Lipinski definition) is 6. The first kappa shape index (κ1) is 17.7. The third kappa shape index (κ3) is 3.88. The molecule has 2 heterocycles. The van der Waals surface area contributed by atoms with Crippen molar-refractivity contribution in [2.75, 3.05) is 12.8 Å². The van der Waals surface area contributed by atoms with E-state index < -0.39 is 0 Å². The lowest BCUT2D eigenvalue weighted by Gasteiger charge is -2.33. The van der Waals surface area contributed by atoms with Crippen molar-refractivity contribution in [3.05, 3.63) is 59.9 Å². The van der Waals surface area contributed by atoms with Gasteiger partial charge in [-0.1, -0.05) is 36.0 Å². The topological polar surface area (TPSA) is 72.1 Å². The molecule has 3 aromatic rings. The minimum Gasteiger partial charge on any atom is -0.411 e. The molecule has 1 aliphatic carbocycles. The first-order valence-corrected chi connectivity index (χ1v) is 9.91. The number of aromatic nitrogens is 3. The second kappa shape index (κ2) is 7.92. The Morgan fingerprint density at radius 2 is 2.15 bits per heavy atom. The van der Waals surface area contributed by atoms with E-state index in [1.807, 2.05) is 30.1 Å². The van der Waals surface area contributed by atoms with Gasteiger partial charge in [-0.2, -0.15) is 0 Å². The number of carbonyl (C=O) groups is 1. The van der Waals surface area contributed by atoms with E-state index in [-0.39, 0.29) is 17.7 Å². The highest BCUT2D eigenvalue weighted by Gasteiger charge is 2.26. The van der Waals surface area contributed by atoms with Crippen LogP contribution in [0.3, 0.4) is 0 Å². The summed E-state index contributed by atoms with van der Waals surface area (Å²) in [6.07, 6.45) is 6.54. The van der Waals surface area contributed by atoms with E-state index in [1.165, 1.54) is 22.9 Å². The molecule has 27 heavy (non-hydrogen) atoms. The Balaban J connectivity index is 1.39. The number of carbonyl (C=O) groups excluding carboxylic acids is 1. The predicted octanol–water partition coefficient (Wildman–Crippen LogP) is 3.76. The van der Waals surface area contributed by atoms with Gasteiger partial charge in [0.1, 0.15) is 0 Å². The number of rotatable bonds is 5. The van der Waals surface area contributed by atoms with Gasteiger partial charge in [-0.25, -0.2) is 0 Å². The zero-order valence-corrected chi connectivity index (χ0v) is 15.9. The first-order valence-electron chi connectivity index (χ1n) is 8.92. The minimum absolute atomic E-state index is 0.0582. The molecular weight excluding hydrogens is 360 g/mol. The van der Waals surface area contributed by atoms with Gasteiger partial charge in [0.25, 0.3) is 5.22 Å². The third-order valence-electron chi connectivity index (χ3n) is 4.83. The molecule has 0 bridgehead atoms. The van der Waals surface area contributed by atoms with Crippen LogP contribution in [0.2, 0.25) is 0 Å². The normalized spacial score (nSPS) is 16.0. The van der Waals surface area contributed by atoms with Gasteiger partial charge in [-0.05, 0) is 42.5 Å². The highest BCUT2D eigenvalue weighted by atomic mass is 32.2. The Morgan fingerprint density at radius 1 is 1.26 bits per heavy atom. The van der Waals surface area contributed by atoms with Gasteiger partial charge in [0.2, 0.25) is 11.8 Å². The number of fused-ring (bicyclic) bond motifs is 1. The summed E-state index contributed by atoms with van der Waals surface area (Å²) in [5, 5.41) is 8.44. The molecule has 4 rings (SSSR count). The van der Waals surface area contributed by atoms with Crippen LogP contribution in [-0.2, 0) is 11.2 Å². The molecule has 0 saturated carbocycles. The number of nitrogens with zero attached hydrogens (tertiary/aromatic N) is 4. The fourth-order valence-electron chi connectivity index (χ4n) is 3.40. The van der Waals surface area contributed by atoms with Crippen LogP contribution in [0.25, 0.3) is 11.5 Å². The standard InChI is InChI=1S/C20H20N4O2S/c1-24(17-10-4-7-14-6-2-3-9-16(14)17)18(25)13-27-20-23-22-19(26-20)15-8-5-11-21-12-15/h2-3,5-6,8-9,11-12,17H,4,7,10,13H2,1H3/t17-/m0/s1. The van der Waals surface area contributed by atoms with Gasteiger partial charge in [0, 0.05) is 19.4 Å². The van der Waals surface area contributed by atoms with Crippen LogP contribution in [0.1, 0.15) is 30.0 Å². The molecule has 0 spiro atoms. The Bertz CT molecular complexity index is 928. The van der Waals surface area contributed by atoms with Gasteiger partial charge >= 0.3 is 0 Å². The summed E-state index contributed by atoms with van der Waals surface area (Å²) in [6, 6.07) is 12.2. The molecular formula is C20H20N4O2S. The van der Waals surface area contributed by atoms with Crippen LogP contribution in [-0.4, -0.2) is 38.8 Å². The van der Waals surface area contributed by atoms with Crippen molar-refractivity contribution in [2.24, 2.45) is 0 Å². The molecule has 0 fully saturated rings. The average Bonchev–Trinajstić information content (AvgIpc) is 3.21. The maximum atomic E-state index is 12.7. The number of amides is 1. The quantitative estimate of drug-likeness (QED) is 0.628. The van der Waals surface area contributed by atoms with Crippen LogP contribution >= 0.6 is 11.8 Å². The first-order chi connectivity index (χ1) is 13.2. The summed E-state index contributed by atoms with van der Waals surface area (Å²) >= 11 is 1.27. The summed E-state index contributed by atoms with van der Waals surface area (Å²) in [7, 11) is 1.88. The summed E-state index contributed by atoms with van der Waals surface area (Å²) in [5.41, 5.74) is 3.37. The van der Waals surface area contributed by atoms with Crippen LogP contribution < -0.4 is 0 Å². The van der Waals surface area contributed by atoms with Crippen LogP contribution in [0, 0.1) is 0 Å². The largest absolute Gasteiger partial charge is 0.411 e. The van der Waals surface area contributed by atoms with E-state index in [4.69, 9.17) is 4.42 Å². The molecule has 0 saturated heterocycles.